The van der Waals surface area contributed by atoms with Crippen LogP contribution in [-0.4, -0.2) is 30.2 Å². The quantitative estimate of drug-likeness (QED) is 0.785. The summed E-state index contributed by atoms with van der Waals surface area (Å²) in [6.45, 7) is 4.47. The Bertz CT molecular complexity index is 479. The first-order chi connectivity index (χ1) is 9.50. The molecule has 0 saturated heterocycles. The fourth-order valence-electron chi connectivity index (χ4n) is 1.60. The third-order valence-electron chi connectivity index (χ3n) is 2.63. The zero-order valence-electron chi connectivity index (χ0n) is 11.8. The number of anilines is 1. The van der Waals surface area contributed by atoms with Crippen molar-refractivity contribution in [3.8, 4) is 0 Å². The Morgan fingerprint density at radius 1 is 1.25 bits per heavy atom. The van der Waals surface area contributed by atoms with Gasteiger partial charge in [0, 0.05) is 18.8 Å². The lowest BCUT2D eigenvalue weighted by molar-refractivity contribution is -0.136. The SMILES string of the molecule is CC(C)=CCNC(=O)N(CCC(=O)O)c1ccccc1. The molecule has 2 amide bonds. The van der Waals surface area contributed by atoms with E-state index in [0.717, 1.165) is 5.57 Å². The van der Waals surface area contributed by atoms with Crippen molar-refractivity contribution in [3.63, 3.8) is 0 Å². The Balaban J connectivity index is 2.74. The number of nitrogens with one attached hydrogen (secondary N) is 1. The van der Waals surface area contributed by atoms with E-state index < -0.39 is 5.97 Å². The van der Waals surface area contributed by atoms with E-state index in [1.165, 1.54) is 4.90 Å². The van der Waals surface area contributed by atoms with Gasteiger partial charge in [-0.25, -0.2) is 4.79 Å². The smallest absolute Gasteiger partial charge is 0.322 e. The molecule has 2 N–H and O–H groups in total. The molecule has 1 aromatic rings. The van der Waals surface area contributed by atoms with Crippen molar-refractivity contribution in [2.45, 2.75) is 20.3 Å². The maximum absolute atomic E-state index is 12.1. The zero-order chi connectivity index (χ0) is 15.0. The summed E-state index contributed by atoms with van der Waals surface area (Å²) in [4.78, 5) is 24.3. The van der Waals surface area contributed by atoms with E-state index in [9.17, 15) is 9.59 Å². The average Bonchev–Trinajstić information content (AvgIpc) is 2.39. The third kappa shape index (κ3) is 5.56. The number of carbonyl (C=O) groups is 2. The van der Waals surface area contributed by atoms with Crippen LogP contribution in [0.25, 0.3) is 0 Å². The molecule has 0 saturated carbocycles. The van der Waals surface area contributed by atoms with E-state index in [2.05, 4.69) is 5.32 Å². The second kappa shape index (κ2) is 7.99. The molecule has 0 heterocycles. The van der Waals surface area contributed by atoms with Gasteiger partial charge in [-0.3, -0.25) is 9.69 Å². The van der Waals surface area contributed by atoms with Crippen LogP contribution in [-0.2, 0) is 4.79 Å². The maximum atomic E-state index is 12.1. The van der Waals surface area contributed by atoms with Crippen molar-refractivity contribution in [1.82, 2.24) is 5.32 Å². The monoisotopic (exact) mass is 276 g/mol. The number of urea groups is 1. The third-order valence-corrected chi connectivity index (χ3v) is 2.63. The number of carboxylic acids is 1. The first kappa shape index (κ1) is 15.8. The summed E-state index contributed by atoms with van der Waals surface area (Å²) in [5.41, 5.74) is 1.80. The Labute approximate surface area is 118 Å². The van der Waals surface area contributed by atoms with Gasteiger partial charge in [0.2, 0.25) is 0 Å². The molecular formula is C15H20N2O3. The number of aliphatic carboxylic acids is 1. The molecule has 0 unspecified atom stereocenters. The van der Waals surface area contributed by atoms with Crippen LogP contribution in [0.15, 0.2) is 42.0 Å². The first-order valence-electron chi connectivity index (χ1n) is 6.46. The number of para-hydroxylation sites is 1. The van der Waals surface area contributed by atoms with Crippen molar-refractivity contribution >= 4 is 17.7 Å². The van der Waals surface area contributed by atoms with Crippen LogP contribution in [0.3, 0.4) is 0 Å². The highest BCUT2D eigenvalue weighted by atomic mass is 16.4. The van der Waals surface area contributed by atoms with Crippen LogP contribution < -0.4 is 10.2 Å². The molecule has 0 aliphatic heterocycles. The lowest BCUT2D eigenvalue weighted by Crippen LogP contribution is -2.41. The summed E-state index contributed by atoms with van der Waals surface area (Å²) in [6, 6.07) is 8.73. The largest absolute Gasteiger partial charge is 0.481 e. The number of hydrogen-bond donors (Lipinski definition) is 2. The molecule has 0 aromatic heterocycles. The Morgan fingerprint density at radius 3 is 2.45 bits per heavy atom. The summed E-state index contributed by atoms with van der Waals surface area (Å²) < 4.78 is 0. The summed E-state index contributed by atoms with van der Waals surface area (Å²) in [7, 11) is 0. The van der Waals surface area contributed by atoms with Crippen molar-refractivity contribution in [3.05, 3.63) is 42.0 Å². The highest BCUT2D eigenvalue weighted by Crippen LogP contribution is 2.13. The highest BCUT2D eigenvalue weighted by molar-refractivity contribution is 5.92. The van der Waals surface area contributed by atoms with Crippen molar-refractivity contribution < 1.29 is 14.7 Å². The van der Waals surface area contributed by atoms with Gasteiger partial charge in [0.1, 0.15) is 0 Å². The van der Waals surface area contributed by atoms with Gasteiger partial charge in [0.25, 0.3) is 0 Å². The van der Waals surface area contributed by atoms with E-state index in [4.69, 9.17) is 5.11 Å². The summed E-state index contributed by atoms with van der Waals surface area (Å²) in [5, 5.41) is 11.5. The molecule has 5 heteroatoms. The molecule has 1 aromatic carbocycles. The number of rotatable bonds is 6. The number of amides is 2. The topological polar surface area (TPSA) is 69.6 Å². The Kier molecular flexibility index (Phi) is 6.29. The molecule has 0 fully saturated rings. The van der Waals surface area contributed by atoms with Gasteiger partial charge < -0.3 is 10.4 Å². The summed E-state index contributed by atoms with van der Waals surface area (Å²) in [6.07, 6.45) is 1.81. The van der Waals surface area contributed by atoms with Gasteiger partial charge in [0.15, 0.2) is 0 Å². The molecule has 1 rings (SSSR count). The van der Waals surface area contributed by atoms with Gasteiger partial charge in [-0.15, -0.1) is 0 Å². The predicted molar refractivity (Wildman–Crippen MR) is 78.9 cm³/mol. The van der Waals surface area contributed by atoms with E-state index >= 15 is 0 Å². The van der Waals surface area contributed by atoms with Gasteiger partial charge in [-0.2, -0.15) is 0 Å². The van der Waals surface area contributed by atoms with Crippen molar-refractivity contribution in [2.75, 3.05) is 18.0 Å². The predicted octanol–water partition coefficient (Wildman–Crippen LogP) is 2.64. The molecule has 0 radical (unpaired) electrons. The number of benzene rings is 1. The lowest BCUT2D eigenvalue weighted by Gasteiger charge is -2.22. The first-order valence-corrected chi connectivity index (χ1v) is 6.46. The molecule has 20 heavy (non-hydrogen) atoms. The fraction of sp³-hybridized carbons (Fsp3) is 0.333. The van der Waals surface area contributed by atoms with E-state index in [0.29, 0.717) is 12.2 Å². The second-order valence-electron chi connectivity index (χ2n) is 4.60. The number of carbonyl (C=O) groups excluding carboxylic acids is 1. The lowest BCUT2D eigenvalue weighted by atomic mass is 10.2. The molecule has 0 spiro atoms. The van der Waals surface area contributed by atoms with Crippen molar-refractivity contribution in [2.24, 2.45) is 0 Å². The minimum Gasteiger partial charge on any atom is -0.481 e. The van der Waals surface area contributed by atoms with Gasteiger partial charge >= 0.3 is 12.0 Å². The minimum absolute atomic E-state index is 0.0923. The summed E-state index contributed by atoms with van der Waals surface area (Å²) >= 11 is 0. The maximum Gasteiger partial charge on any atom is 0.322 e. The standard InChI is InChI=1S/C15H20N2O3/c1-12(2)8-10-16-15(20)17(11-9-14(18)19)13-6-4-3-5-7-13/h3-8H,9-11H2,1-2H3,(H,16,20)(H,18,19). The fourth-order valence-corrected chi connectivity index (χ4v) is 1.60. The van der Waals surface area contributed by atoms with Crippen LogP contribution in [0.5, 0.6) is 0 Å². The number of allylic oxidation sites excluding steroid dienone is 1. The van der Waals surface area contributed by atoms with Gasteiger partial charge in [0.05, 0.1) is 6.42 Å². The number of hydrogen-bond acceptors (Lipinski definition) is 2. The van der Waals surface area contributed by atoms with E-state index in [1.807, 2.05) is 38.1 Å². The molecule has 0 aliphatic rings. The van der Waals surface area contributed by atoms with Gasteiger partial charge in [-0.1, -0.05) is 29.8 Å². The van der Waals surface area contributed by atoms with Crippen LogP contribution in [0.1, 0.15) is 20.3 Å². The molecule has 0 atom stereocenters. The minimum atomic E-state index is -0.928. The molecule has 0 bridgehead atoms. The molecule has 108 valence electrons. The molecular weight excluding hydrogens is 256 g/mol. The van der Waals surface area contributed by atoms with Crippen LogP contribution >= 0.6 is 0 Å². The number of nitrogens with zero attached hydrogens (tertiary/aromatic N) is 1. The van der Waals surface area contributed by atoms with E-state index in [-0.39, 0.29) is 19.0 Å². The highest BCUT2D eigenvalue weighted by Gasteiger charge is 2.15. The van der Waals surface area contributed by atoms with Crippen LogP contribution in [0.2, 0.25) is 0 Å². The molecule has 5 nitrogen and oxygen atoms in total. The Morgan fingerprint density at radius 2 is 1.90 bits per heavy atom. The zero-order valence-corrected chi connectivity index (χ0v) is 11.8. The summed E-state index contributed by atoms with van der Waals surface area (Å²) in [5.74, 6) is -0.928. The Hall–Kier alpha value is -2.30. The number of carboxylic acid groups (broad SMARTS) is 1. The van der Waals surface area contributed by atoms with Gasteiger partial charge in [-0.05, 0) is 26.0 Å². The van der Waals surface area contributed by atoms with Crippen LogP contribution in [0.4, 0.5) is 10.5 Å². The average molecular weight is 276 g/mol. The van der Waals surface area contributed by atoms with E-state index in [1.54, 1.807) is 12.1 Å². The molecule has 0 aliphatic carbocycles. The van der Waals surface area contributed by atoms with Crippen LogP contribution in [0, 0.1) is 0 Å². The second-order valence-corrected chi connectivity index (χ2v) is 4.60. The normalized spacial score (nSPS) is 9.70. The van der Waals surface area contributed by atoms with Crippen molar-refractivity contribution in [1.29, 1.82) is 0 Å².